The van der Waals surface area contributed by atoms with Crippen LogP contribution in [0.1, 0.15) is 28.7 Å². The Morgan fingerprint density at radius 2 is 2.19 bits per heavy atom. The first-order chi connectivity index (χ1) is 12.7. The Hall–Kier alpha value is -1.89. The summed E-state index contributed by atoms with van der Waals surface area (Å²) in [5.41, 5.74) is 0.908. The van der Waals surface area contributed by atoms with E-state index < -0.39 is 0 Å². The number of benzene rings is 1. The first-order valence-corrected chi connectivity index (χ1v) is 9.91. The van der Waals surface area contributed by atoms with E-state index in [1.165, 1.54) is 9.75 Å². The van der Waals surface area contributed by atoms with Crippen molar-refractivity contribution in [2.75, 3.05) is 38.3 Å². The summed E-state index contributed by atoms with van der Waals surface area (Å²) in [5, 5.41) is 0. The highest BCUT2D eigenvalue weighted by Crippen LogP contribution is 2.34. The third kappa shape index (κ3) is 3.77. The quantitative estimate of drug-likeness (QED) is 0.806. The molecule has 4 rings (SSSR count). The minimum Gasteiger partial charge on any atom is -0.497 e. The van der Waals surface area contributed by atoms with Crippen LogP contribution in [0.15, 0.2) is 36.4 Å². The van der Waals surface area contributed by atoms with Gasteiger partial charge in [-0.25, -0.2) is 0 Å². The lowest BCUT2D eigenvalue weighted by Crippen LogP contribution is -2.50. The molecule has 0 saturated carbocycles. The Balaban J connectivity index is 1.37. The molecule has 2 saturated heterocycles. The molecule has 0 N–H and O–H groups in total. The summed E-state index contributed by atoms with van der Waals surface area (Å²) < 4.78 is 11.0. The van der Waals surface area contributed by atoms with E-state index >= 15 is 0 Å². The van der Waals surface area contributed by atoms with E-state index in [4.69, 9.17) is 9.47 Å². The number of nitrogens with zero attached hydrogens (tertiary/aromatic N) is 2. The second kappa shape index (κ2) is 7.78. The zero-order valence-corrected chi connectivity index (χ0v) is 15.8. The van der Waals surface area contributed by atoms with Crippen molar-refractivity contribution < 1.29 is 14.3 Å². The van der Waals surface area contributed by atoms with Gasteiger partial charge >= 0.3 is 0 Å². The summed E-state index contributed by atoms with van der Waals surface area (Å²) in [6.45, 7) is 3.73. The van der Waals surface area contributed by atoms with E-state index in [2.05, 4.69) is 17.0 Å². The number of anilines is 1. The van der Waals surface area contributed by atoms with Crippen molar-refractivity contribution in [3.8, 4) is 5.75 Å². The summed E-state index contributed by atoms with van der Waals surface area (Å²) in [4.78, 5) is 19.3. The van der Waals surface area contributed by atoms with Crippen LogP contribution in [0.2, 0.25) is 0 Å². The smallest absolute Gasteiger partial charge is 0.241 e. The Kier molecular flexibility index (Phi) is 5.24. The molecular weight excluding hydrogens is 348 g/mol. The van der Waals surface area contributed by atoms with Crippen LogP contribution in [0.4, 0.5) is 5.69 Å². The third-order valence-corrected chi connectivity index (χ3v) is 6.14. The van der Waals surface area contributed by atoms with Crippen LogP contribution in [0.5, 0.6) is 5.75 Å². The average molecular weight is 372 g/mol. The molecule has 0 bridgehead atoms. The van der Waals surface area contributed by atoms with E-state index in [-0.39, 0.29) is 12.0 Å². The zero-order chi connectivity index (χ0) is 17.9. The molecule has 2 aliphatic rings. The average Bonchev–Trinajstić information content (AvgIpc) is 3.33. The first-order valence-electron chi connectivity index (χ1n) is 9.10. The van der Waals surface area contributed by atoms with Crippen LogP contribution in [0.3, 0.4) is 0 Å². The van der Waals surface area contributed by atoms with Crippen LogP contribution in [0.25, 0.3) is 0 Å². The third-order valence-electron chi connectivity index (χ3n) is 4.97. The lowest BCUT2D eigenvalue weighted by molar-refractivity contribution is -0.121. The molecule has 26 heavy (non-hydrogen) atoms. The topological polar surface area (TPSA) is 42.0 Å². The van der Waals surface area contributed by atoms with Crippen LogP contribution in [-0.4, -0.2) is 44.2 Å². The molecule has 0 aliphatic carbocycles. The normalized spacial score (nSPS) is 21.3. The summed E-state index contributed by atoms with van der Waals surface area (Å²) in [7, 11) is 1.64. The number of hydrogen-bond acceptors (Lipinski definition) is 5. The monoisotopic (exact) mass is 372 g/mol. The number of rotatable bonds is 5. The predicted octanol–water partition coefficient (Wildman–Crippen LogP) is 3.46. The van der Waals surface area contributed by atoms with Crippen LogP contribution in [-0.2, 0) is 16.1 Å². The molecule has 5 nitrogen and oxygen atoms in total. The van der Waals surface area contributed by atoms with Gasteiger partial charge in [0.25, 0.3) is 0 Å². The van der Waals surface area contributed by atoms with Crippen molar-refractivity contribution in [2.24, 2.45) is 0 Å². The molecule has 2 fully saturated rings. The fourth-order valence-corrected chi connectivity index (χ4v) is 4.72. The lowest BCUT2D eigenvalue weighted by atomic mass is 10.2. The van der Waals surface area contributed by atoms with E-state index in [1.54, 1.807) is 7.11 Å². The molecule has 0 spiro atoms. The molecule has 0 unspecified atom stereocenters. The van der Waals surface area contributed by atoms with Crippen molar-refractivity contribution >= 4 is 22.9 Å². The summed E-state index contributed by atoms with van der Waals surface area (Å²) in [5.74, 6) is 0.915. The summed E-state index contributed by atoms with van der Waals surface area (Å²) >= 11 is 1.82. The van der Waals surface area contributed by atoms with Gasteiger partial charge in [-0.3, -0.25) is 9.69 Å². The highest BCUT2D eigenvalue weighted by Gasteiger charge is 2.26. The Bertz CT molecular complexity index is 770. The molecule has 1 aromatic heterocycles. The van der Waals surface area contributed by atoms with Gasteiger partial charge in [0.1, 0.15) is 5.75 Å². The van der Waals surface area contributed by atoms with Crippen molar-refractivity contribution in [3.05, 3.63) is 46.2 Å². The van der Waals surface area contributed by atoms with Crippen molar-refractivity contribution in [3.63, 3.8) is 0 Å². The van der Waals surface area contributed by atoms with E-state index in [0.717, 1.165) is 44.0 Å². The molecular formula is C20H24N2O3S. The van der Waals surface area contributed by atoms with Gasteiger partial charge in [0.05, 0.1) is 19.8 Å². The largest absolute Gasteiger partial charge is 0.497 e. The minimum atomic E-state index is 0.139. The van der Waals surface area contributed by atoms with Crippen molar-refractivity contribution in [2.45, 2.75) is 25.5 Å². The lowest BCUT2D eigenvalue weighted by Gasteiger charge is -2.34. The second-order valence-electron chi connectivity index (χ2n) is 6.76. The maximum Gasteiger partial charge on any atom is 0.241 e. The number of amides is 1. The summed E-state index contributed by atoms with van der Waals surface area (Å²) in [6.07, 6.45) is 2.55. The number of hydrogen-bond donors (Lipinski definition) is 0. The molecule has 0 radical (unpaired) electrons. The molecule has 2 aliphatic heterocycles. The first kappa shape index (κ1) is 17.5. The van der Waals surface area contributed by atoms with Gasteiger partial charge in [-0.1, -0.05) is 6.07 Å². The molecule has 1 atom stereocenters. The van der Waals surface area contributed by atoms with E-state index in [0.29, 0.717) is 13.1 Å². The second-order valence-corrected chi connectivity index (χ2v) is 7.96. The van der Waals surface area contributed by atoms with Crippen LogP contribution < -0.4 is 9.64 Å². The Morgan fingerprint density at radius 3 is 2.96 bits per heavy atom. The van der Waals surface area contributed by atoms with Gasteiger partial charge in [0.2, 0.25) is 5.91 Å². The highest BCUT2D eigenvalue weighted by molar-refractivity contribution is 7.12. The molecule has 2 aromatic rings. The molecule has 1 amide bonds. The Labute approximate surface area is 158 Å². The number of piperazine rings is 1. The maximum atomic E-state index is 12.6. The van der Waals surface area contributed by atoms with Gasteiger partial charge in [0.15, 0.2) is 0 Å². The number of thiophene rings is 1. The van der Waals surface area contributed by atoms with Crippen LogP contribution in [0, 0.1) is 0 Å². The van der Waals surface area contributed by atoms with Crippen molar-refractivity contribution in [1.82, 2.24) is 4.90 Å². The minimum absolute atomic E-state index is 0.139. The van der Waals surface area contributed by atoms with Gasteiger partial charge < -0.3 is 14.4 Å². The number of carbonyl (C=O) groups excluding carboxylic acids is 1. The fraction of sp³-hybridized carbons (Fsp3) is 0.450. The zero-order valence-electron chi connectivity index (χ0n) is 15.0. The number of carbonyl (C=O) groups is 1. The highest BCUT2D eigenvalue weighted by atomic mass is 32.1. The fourth-order valence-electron chi connectivity index (χ4n) is 3.58. The molecule has 1 aromatic carbocycles. The van der Waals surface area contributed by atoms with Crippen LogP contribution >= 0.6 is 11.3 Å². The maximum absolute atomic E-state index is 12.6. The summed E-state index contributed by atoms with van der Waals surface area (Å²) in [6, 6.07) is 12.1. The van der Waals surface area contributed by atoms with Gasteiger partial charge in [0, 0.05) is 47.7 Å². The Morgan fingerprint density at radius 1 is 1.27 bits per heavy atom. The number of methoxy groups -OCH3 is 1. The predicted molar refractivity (Wildman–Crippen MR) is 103 cm³/mol. The molecule has 3 heterocycles. The SMILES string of the molecule is COc1cccc(N2CCN(Cc3ccc([C@H]4CCCO4)s3)CC2=O)c1. The van der Waals surface area contributed by atoms with E-state index in [1.807, 2.05) is 40.5 Å². The van der Waals surface area contributed by atoms with Gasteiger partial charge in [-0.05, 0) is 37.1 Å². The van der Waals surface area contributed by atoms with Gasteiger partial charge in [-0.15, -0.1) is 11.3 Å². The number of ether oxygens (including phenoxy) is 2. The van der Waals surface area contributed by atoms with Gasteiger partial charge in [-0.2, -0.15) is 0 Å². The standard InChI is InChI=1S/C20H24N2O3S/c1-24-16-5-2-4-15(12-16)22-10-9-21(14-20(22)23)13-17-7-8-19(26-17)18-6-3-11-25-18/h2,4-5,7-8,12,18H,3,6,9-11,13-14H2,1H3/t18-/m1/s1. The molecule has 138 valence electrons. The van der Waals surface area contributed by atoms with Crippen molar-refractivity contribution in [1.29, 1.82) is 0 Å². The molecule has 6 heteroatoms. The van der Waals surface area contributed by atoms with E-state index in [9.17, 15) is 4.79 Å².